The molecule has 2 heterocycles. The third-order valence-corrected chi connectivity index (χ3v) is 6.05. The number of nitrogens with zero attached hydrogens (tertiary/aromatic N) is 1. The van der Waals surface area contributed by atoms with Crippen LogP contribution >= 0.6 is 0 Å². The van der Waals surface area contributed by atoms with Crippen LogP contribution in [0.4, 0.5) is 0 Å². The Hall–Kier alpha value is -0.930. The molecule has 1 saturated heterocycles. The van der Waals surface area contributed by atoms with Gasteiger partial charge < -0.3 is 10.1 Å². The van der Waals surface area contributed by atoms with E-state index in [0.717, 1.165) is 37.9 Å². The highest BCUT2D eigenvalue weighted by atomic mass is 16.5. The predicted molar refractivity (Wildman–Crippen MR) is 94.8 cm³/mol. The molecule has 0 unspecified atom stereocenters. The number of rotatable bonds is 5. The van der Waals surface area contributed by atoms with Crippen molar-refractivity contribution in [2.24, 2.45) is 5.92 Å². The molecule has 128 valence electrons. The first-order valence-electron chi connectivity index (χ1n) is 9.40. The van der Waals surface area contributed by atoms with E-state index in [2.05, 4.69) is 30.2 Å². The van der Waals surface area contributed by atoms with Gasteiger partial charge in [-0.15, -0.1) is 0 Å². The summed E-state index contributed by atoms with van der Waals surface area (Å²) in [6, 6.07) is 2.23. The Kier molecular flexibility index (Phi) is 5.71. The van der Waals surface area contributed by atoms with Gasteiger partial charge >= 0.3 is 0 Å². The van der Waals surface area contributed by atoms with Crippen LogP contribution in [0.2, 0.25) is 0 Å². The average molecular weight is 316 g/mol. The minimum Gasteiger partial charge on any atom is -0.381 e. The largest absolute Gasteiger partial charge is 0.381 e. The summed E-state index contributed by atoms with van der Waals surface area (Å²) in [6.45, 7) is 7.56. The van der Waals surface area contributed by atoms with Crippen LogP contribution in [0.3, 0.4) is 0 Å². The first-order valence-corrected chi connectivity index (χ1v) is 9.40. The monoisotopic (exact) mass is 316 g/mol. The standard InChI is InChI=1S/C20H32N2O/c1-16-15-21-11-8-19(16)18-5-3-17(4-6-18)7-12-22-20(2)9-13-23-14-10-20/h8,11,15,17-18,22H,3-7,9-10,12-14H2,1-2H3. The highest BCUT2D eigenvalue weighted by Gasteiger charge is 2.27. The Morgan fingerprint density at radius 1 is 1.22 bits per heavy atom. The average Bonchev–Trinajstić information content (AvgIpc) is 2.57. The van der Waals surface area contributed by atoms with Gasteiger partial charge in [-0.1, -0.05) is 0 Å². The molecule has 3 rings (SSSR count). The number of pyridine rings is 1. The van der Waals surface area contributed by atoms with E-state index >= 15 is 0 Å². The molecule has 1 aliphatic heterocycles. The van der Waals surface area contributed by atoms with Gasteiger partial charge in [0.05, 0.1) is 0 Å². The van der Waals surface area contributed by atoms with Gasteiger partial charge in [0.1, 0.15) is 0 Å². The van der Waals surface area contributed by atoms with Crippen LogP contribution < -0.4 is 5.32 Å². The fourth-order valence-corrected chi connectivity index (χ4v) is 4.28. The molecule has 2 aliphatic rings. The van der Waals surface area contributed by atoms with Crippen LogP contribution in [0.25, 0.3) is 0 Å². The van der Waals surface area contributed by atoms with Gasteiger partial charge in [-0.3, -0.25) is 4.98 Å². The van der Waals surface area contributed by atoms with Crippen molar-refractivity contribution in [3.05, 3.63) is 29.6 Å². The van der Waals surface area contributed by atoms with Gasteiger partial charge in [-0.05, 0) is 94.4 Å². The van der Waals surface area contributed by atoms with Crippen LogP contribution in [0, 0.1) is 12.8 Å². The number of hydrogen-bond donors (Lipinski definition) is 1. The minimum atomic E-state index is 0.309. The number of nitrogens with one attached hydrogen (secondary N) is 1. The van der Waals surface area contributed by atoms with E-state index in [1.54, 1.807) is 0 Å². The molecule has 3 nitrogen and oxygen atoms in total. The maximum Gasteiger partial charge on any atom is 0.0483 e. The molecule has 0 amide bonds. The van der Waals surface area contributed by atoms with Crippen molar-refractivity contribution >= 4 is 0 Å². The van der Waals surface area contributed by atoms with E-state index in [0.29, 0.717) is 5.54 Å². The molecule has 23 heavy (non-hydrogen) atoms. The van der Waals surface area contributed by atoms with E-state index < -0.39 is 0 Å². The number of hydrogen-bond acceptors (Lipinski definition) is 3. The zero-order chi connectivity index (χ0) is 16.1. The third kappa shape index (κ3) is 4.54. The van der Waals surface area contributed by atoms with Crippen LogP contribution in [0.1, 0.15) is 68.9 Å². The molecule has 3 heteroatoms. The highest BCUT2D eigenvalue weighted by molar-refractivity contribution is 5.26. The predicted octanol–water partition coefficient (Wildman–Crippen LogP) is 4.21. The molecule has 2 fully saturated rings. The second kappa shape index (κ2) is 7.76. The maximum atomic E-state index is 5.48. The smallest absolute Gasteiger partial charge is 0.0483 e. The number of aromatic nitrogens is 1. The molecule has 1 aromatic heterocycles. The molecular weight excluding hydrogens is 284 g/mol. The summed E-state index contributed by atoms with van der Waals surface area (Å²) in [5.74, 6) is 1.67. The second-order valence-corrected chi connectivity index (χ2v) is 7.84. The Balaban J connectivity index is 1.40. The van der Waals surface area contributed by atoms with Crippen molar-refractivity contribution in [2.75, 3.05) is 19.8 Å². The van der Waals surface area contributed by atoms with E-state index in [1.807, 2.05) is 12.4 Å². The summed E-state index contributed by atoms with van der Waals surface area (Å²) in [5.41, 5.74) is 3.21. The summed E-state index contributed by atoms with van der Waals surface area (Å²) >= 11 is 0. The van der Waals surface area contributed by atoms with Gasteiger partial charge in [-0.2, -0.15) is 0 Å². The Morgan fingerprint density at radius 3 is 2.65 bits per heavy atom. The normalized spacial score (nSPS) is 27.7. The molecule has 0 radical (unpaired) electrons. The second-order valence-electron chi connectivity index (χ2n) is 7.84. The Labute approximate surface area is 141 Å². The molecule has 1 aliphatic carbocycles. The fraction of sp³-hybridized carbons (Fsp3) is 0.750. The van der Waals surface area contributed by atoms with Crippen molar-refractivity contribution in [3.63, 3.8) is 0 Å². The zero-order valence-electron chi connectivity index (χ0n) is 14.8. The van der Waals surface area contributed by atoms with E-state index in [4.69, 9.17) is 4.74 Å². The SMILES string of the molecule is Cc1cnccc1C1CCC(CCNC2(C)CCOCC2)CC1. The zero-order valence-corrected chi connectivity index (χ0v) is 14.8. The van der Waals surface area contributed by atoms with Crippen LogP contribution in [-0.2, 0) is 4.74 Å². The van der Waals surface area contributed by atoms with Crippen LogP contribution in [0.15, 0.2) is 18.5 Å². The molecule has 0 spiro atoms. The summed E-state index contributed by atoms with van der Waals surface area (Å²) in [4.78, 5) is 4.23. The van der Waals surface area contributed by atoms with Crippen LogP contribution in [-0.4, -0.2) is 30.3 Å². The van der Waals surface area contributed by atoms with Crippen molar-refractivity contribution in [3.8, 4) is 0 Å². The van der Waals surface area contributed by atoms with Crippen molar-refractivity contribution < 1.29 is 4.74 Å². The summed E-state index contributed by atoms with van der Waals surface area (Å²) < 4.78 is 5.48. The van der Waals surface area contributed by atoms with Gasteiger partial charge in [0, 0.05) is 31.1 Å². The van der Waals surface area contributed by atoms with E-state index in [1.165, 1.54) is 49.8 Å². The molecular formula is C20H32N2O. The molecule has 1 N–H and O–H groups in total. The first-order chi connectivity index (χ1) is 11.2. The summed E-state index contributed by atoms with van der Waals surface area (Å²) in [5, 5.41) is 3.81. The number of aryl methyl sites for hydroxylation is 1. The van der Waals surface area contributed by atoms with E-state index in [-0.39, 0.29) is 0 Å². The molecule has 0 bridgehead atoms. The third-order valence-electron chi connectivity index (χ3n) is 6.05. The van der Waals surface area contributed by atoms with Crippen molar-refractivity contribution in [1.29, 1.82) is 0 Å². The van der Waals surface area contributed by atoms with Gasteiger partial charge in [0.2, 0.25) is 0 Å². The van der Waals surface area contributed by atoms with Crippen molar-refractivity contribution in [1.82, 2.24) is 10.3 Å². The van der Waals surface area contributed by atoms with Gasteiger partial charge in [0.15, 0.2) is 0 Å². The molecule has 1 saturated carbocycles. The van der Waals surface area contributed by atoms with Crippen LogP contribution in [0.5, 0.6) is 0 Å². The quantitative estimate of drug-likeness (QED) is 0.883. The minimum absolute atomic E-state index is 0.309. The van der Waals surface area contributed by atoms with Gasteiger partial charge in [0.25, 0.3) is 0 Å². The fourth-order valence-electron chi connectivity index (χ4n) is 4.28. The summed E-state index contributed by atoms with van der Waals surface area (Å²) in [6.07, 6.45) is 13.1. The topological polar surface area (TPSA) is 34.2 Å². The van der Waals surface area contributed by atoms with Crippen molar-refractivity contribution in [2.45, 2.75) is 70.3 Å². The molecule has 0 aromatic carbocycles. The number of ether oxygens (including phenoxy) is 1. The lowest BCUT2D eigenvalue weighted by atomic mass is 9.77. The maximum absolute atomic E-state index is 5.48. The summed E-state index contributed by atoms with van der Waals surface area (Å²) in [7, 11) is 0. The lowest BCUT2D eigenvalue weighted by Gasteiger charge is -2.36. The highest BCUT2D eigenvalue weighted by Crippen LogP contribution is 2.37. The first kappa shape index (κ1) is 16.9. The van der Waals surface area contributed by atoms with E-state index in [9.17, 15) is 0 Å². The lowest BCUT2D eigenvalue weighted by molar-refractivity contribution is 0.0446. The Morgan fingerprint density at radius 2 is 1.96 bits per heavy atom. The van der Waals surface area contributed by atoms with Gasteiger partial charge in [-0.25, -0.2) is 0 Å². The lowest BCUT2D eigenvalue weighted by Crippen LogP contribution is -2.47. The molecule has 1 aromatic rings. The Bertz CT molecular complexity index is 488. The molecule has 0 atom stereocenters.